The highest BCUT2D eigenvalue weighted by atomic mass is 35.5. The maximum absolute atomic E-state index is 9.99. The van der Waals surface area contributed by atoms with E-state index in [4.69, 9.17) is 37.4 Å². The monoisotopic (exact) mass is 655 g/mol. The summed E-state index contributed by atoms with van der Waals surface area (Å²) >= 11 is 12.8. The Morgan fingerprint density at radius 3 is 1.93 bits per heavy atom. The van der Waals surface area contributed by atoms with E-state index < -0.39 is 0 Å². The molecule has 2 saturated heterocycles. The van der Waals surface area contributed by atoms with E-state index in [1.165, 1.54) is 0 Å². The van der Waals surface area contributed by atoms with Crippen molar-refractivity contribution in [1.82, 2.24) is 24.6 Å². The van der Waals surface area contributed by atoms with E-state index in [9.17, 15) is 5.26 Å². The Balaban J connectivity index is 1.37. The Bertz CT molecular complexity index is 1490. The van der Waals surface area contributed by atoms with E-state index in [1.807, 2.05) is 12.1 Å². The van der Waals surface area contributed by atoms with Crippen molar-refractivity contribution >= 4 is 45.5 Å². The summed E-state index contributed by atoms with van der Waals surface area (Å²) < 4.78 is 18.1. The maximum atomic E-state index is 9.99. The summed E-state index contributed by atoms with van der Waals surface area (Å²) in [7, 11) is 5.88. The molecule has 2 aliphatic heterocycles. The van der Waals surface area contributed by atoms with Crippen LogP contribution >= 0.6 is 23.2 Å². The fraction of sp³-hybridized carbons (Fsp3) is 0.515. The van der Waals surface area contributed by atoms with Crippen molar-refractivity contribution in [3.05, 3.63) is 46.1 Å². The number of fused-ring (bicyclic) bond motifs is 1. The zero-order chi connectivity index (χ0) is 31.8. The van der Waals surface area contributed by atoms with Crippen molar-refractivity contribution in [2.45, 2.75) is 12.8 Å². The highest BCUT2D eigenvalue weighted by Gasteiger charge is 2.19. The molecule has 1 N–H and O–H groups in total. The number of nitrogens with one attached hydrogen (secondary N) is 1. The topological polar surface area (TPSA) is 89.4 Å². The van der Waals surface area contributed by atoms with Crippen LogP contribution in [-0.4, -0.2) is 124 Å². The molecular weight excluding hydrogens is 613 g/mol. The summed E-state index contributed by atoms with van der Waals surface area (Å²) in [5, 5.41) is 14.9. The Morgan fingerprint density at radius 1 is 0.800 bits per heavy atom. The molecule has 242 valence electrons. The zero-order valence-corrected chi connectivity index (χ0v) is 28.0. The summed E-state index contributed by atoms with van der Waals surface area (Å²) in [6, 6.07) is 9.40. The van der Waals surface area contributed by atoms with Gasteiger partial charge in [-0.2, -0.15) is 5.26 Å². The van der Waals surface area contributed by atoms with E-state index in [0.717, 1.165) is 83.7 Å². The Hall–Kier alpha value is -3.04. The Kier molecular flexibility index (Phi) is 11.8. The summed E-state index contributed by atoms with van der Waals surface area (Å²) in [6.07, 6.45) is 3.36. The number of piperazine rings is 2. The Labute approximate surface area is 276 Å². The van der Waals surface area contributed by atoms with Gasteiger partial charge in [-0.05, 0) is 39.1 Å². The van der Waals surface area contributed by atoms with Crippen molar-refractivity contribution in [2.24, 2.45) is 0 Å². The van der Waals surface area contributed by atoms with Crippen molar-refractivity contribution < 1.29 is 14.2 Å². The minimum Gasteiger partial charge on any atom is -0.495 e. The molecule has 12 heteroatoms. The molecule has 2 aliphatic rings. The third-order valence-electron chi connectivity index (χ3n) is 8.50. The molecule has 2 fully saturated rings. The molecule has 2 aromatic carbocycles. The van der Waals surface area contributed by atoms with Gasteiger partial charge in [-0.3, -0.25) is 4.98 Å². The van der Waals surface area contributed by atoms with Gasteiger partial charge >= 0.3 is 0 Å². The lowest BCUT2D eigenvalue weighted by atomic mass is 10.1. The molecule has 0 bridgehead atoms. The lowest BCUT2D eigenvalue weighted by Crippen LogP contribution is -2.44. The average molecular weight is 657 g/mol. The number of aromatic nitrogens is 1. The molecule has 0 spiro atoms. The highest BCUT2D eigenvalue weighted by Crippen LogP contribution is 2.40. The fourth-order valence-corrected chi connectivity index (χ4v) is 6.15. The summed E-state index contributed by atoms with van der Waals surface area (Å²) in [5.41, 5.74) is 2.17. The number of likely N-dealkylation sites (N-methyl/N-ethyl adjacent to an activating group) is 2. The molecule has 0 amide bonds. The third kappa shape index (κ3) is 8.82. The van der Waals surface area contributed by atoms with Crippen LogP contribution in [0.2, 0.25) is 10.0 Å². The molecule has 45 heavy (non-hydrogen) atoms. The van der Waals surface area contributed by atoms with Crippen LogP contribution < -0.4 is 19.5 Å². The molecule has 0 saturated carbocycles. The van der Waals surface area contributed by atoms with Crippen LogP contribution in [0, 0.1) is 11.3 Å². The van der Waals surface area contributed by atoms with E-state index in [-0.39, 0.29) is 0 Å². The minimum atomic E-state index is 0.370. The minimum absolute atomic E-state index is 0.370. The van der Waals surface area contributed by atoms with E-state index in [0.29, 0.717) is 63.0 Å². The number of benzene rings is 2. The SMILES string of the molecule is COc1cc(Nc2c(C#N)cnc3cc(OCCCN4CCN(C)CC4)c(OCCCN4CCN(C)CC4)cc23)c(Cl)cc1Cl. The summed E-state index contributed by atoms with van der Waals surface area (Å²) in [5.74, 6) is 1.74. The number of halogens is 2. The van der Waals surface area contributed by atoms with E-state index >= 15 is 0 Å². The van der Waals surface area contributed by atoms with Gasteiger partial charge in [0.2, 0.25) is 0 Å². The second kappa shape index (κ2) is 16.0. The summed E-state index contributed by atoms with van der Waals surface area (Å²) in [4.78, 5) is 14.3. The number of methoxy groups -OCH3 is 1. The number of rotatable bonds is 13. The number of nitriles is 1. The molecule has 0 aliphatic carbocycles. The lowest BCUT2D eigenvalue weighted by molar-refractivity contribution is 0.142. The first-order valence-electron chi connectivity index (χ1n) is 15.6. The van der Waals surface area contributed by atoms with Crippen LogP contribution in [0.5, 0.6) is 17.2 Å². The normalized spacial score (nSPS) is 16.9. The zero-order valence-electron chi connectivity index (χ0n) is 26.5. The van der Waals surface area contributed by atoms with Crippen LogP contribution in [0.3, 0.4) is 0 Å². The van der Waals surface area contributed by atoms with Crippen LogP contribution in [0.4, 0.5) is 11.4 Å². The third-order valence-corrected chi connectivity index (χ3v) is 9.11. The van der Waals surface area contributed by atoms with Gasteiger partial charge < -0.3 is 39.1 Å². The molecule has 5 rings (SSSR count). The summed E-state index contributed by atoms with van der Waals surface area (Å²) in [6.45, 7) is 11.8. The molecule has 3 heterocycles. The molecule has 0 unspecified atom stereocenters. The number of hydrogen-bond donors (Lipinski definition) is 1. The molecule has 10 nitrogen and oxygen atoms in total. The second-order valence-corrected chi connectivity index (χ2v) is 12.6. The van der Waals surface area contributed by atoms with Crippen molar-refractivity contribution in [2.75, 3.05) is 105 Å². The van der Waals surface area contributed by atoms with E-state index in [1.54, 1.807) is 25.4 Å². The van der Waals surface area contributed by atoms with Crippen molar-refractivity contribution in [3.8, 4) is 23.3 Å². The van der Waals surface area contributed by atoms with E-state index in [2.05, 4.69) is 50.1 Å². The number of nitrogens with zero attached hydrogens (tertiary/aromatic N) is 6. The van der Waals surface area contributed by atoms with Gasteiger partial charge in [0.1, 0.15) is 11.8 Å². The highest BCUT2D eigenvalue weighted by molar-refractivity contribution is 6.37. The first kappa shape index (κ1) is 33.3. The van der Waals surface area contributed by atoms with Gasteiger partial charge in [0.15, 0.2) is 11.5 Å². The molecule has 0 radical (unpaired) electrons. The van der Waals surface area contributed by atoms with Crippen LogP contribution in [0.25, 0.3) is 10.9 Å². The van der Waals surface area contributed by atoms with Crippen LogP contribution in [0.15, 0.2) is 30.5 Å². The first-order chi connectivity index (χ1) is 21.8. The van der Waals surface area contributed by atoms with Gasteiger partial charge in [-0.25, -0.2) is 0 Å². The smallest absolute Gasteiger partial charge is 0.163 e. The average Bonchev–Trinajstić information content (AvgIpc) is 3.04. The van der Waals surface area contributed by atoms with Gasteiger partial charge in [0, 0.05) is 89.2 Å². The number of hydrogen-bond acceptors (Lipinski definition) is 10. The predicted octanol–water partition coefficient (Wildman–Crippen LogP) is 5.20. The number of anilines is 2. The van der Waals surface area contributed by atoms with Gasteiger partial charge in [-0.15, -0.1) is 0 Å². The van der Waals surface area contributed by atoms with Crippen LogP contribution in [-0.2, 0) is 0 Å². The largest absolute Gasteiger partial charge is 0.495 e. The predicted molar refractivity (Wildman–Crippen MR) is 181 cm³/mol. The molecule has 3 aromatic rings. The lowest BCUT2D eigenvalue weighted by Gasteiger charge is -2.32. The second-order valence-electron chi connectivity index (χ2n) is 11.8. The molecule has 0 atom stereocenters. The van der Waals surface area contributed by atoms with Crippen molar-refractivity contribution in [3.63, 3.8) is 0 Å². The number of ether oxygens (including phenoxy) is 3. The molecule has 1 aromatic heterocycles. The number of pyridine rings is 1. The van der Waals surface area contributed by atoms with Gasteiger partial charge in [0.05, 0.1) is 52.8 Å². The quantitative estimate of drug-likeness (QED) is 0.248. The maximum Gasteiger partial charge on any atom is 0.163 e. The first-order valence-corrected chi connectivity index (χ1v) is 16.3. The van der Waals surface area contributed by atoms with Crippen LogP contribution in [0.1, 0.15) is 18.4 Å². The van der Waals surface area contributed by atoms with Gasteiger partial charge in [0.25, 0.3) is 0 Å². The standard InChI is InChI=1S/C33H43Cl2N7O3/c1-39-8-12-41(13-9-39)6-4-16-44-31-18-25-28(20-32(31)45-17-5-7-42-14-10-40(2)11-15-42)37-23-24(22-36)33(25)38-29-21-30(43-3)27(35)19-26(29)34/h18-21,23H,4-17H2,1-3H3,(H,37,38). The Morgan fingerprint density at radius 2 is 1.38 bits per heavy atom. The van der Waals surface area contributed by atoms with Crippen molar-refractivity contribution in [1.29, 1.82) is 5.26 Å². The van der Waals surface area contributed by atoms with Gasteiger partial charge in [-0.1, -0.05) is 23.2 Å². The fourth-order valence-electron chi connectivity index (χ4n) is 5.64. The molecular formula is C33H43Cl2N7O3.